The summed E-state index contributed by atoms with van der Waals surface area (Å²) in [6.07, 6.45) is 2.54. The van der Waals surface area contributed by atoms with Gasteiger partial charge in [-0.1, -0.05) is 36.4 Å². The van der Waals surface area contributed by atoms with Gasteiger partial charge < -0.3 is 10.6 Å². The largest absolute Gasteiger partial charge is 0.399 e. The number of hydrogen-bond acceptors (Lipinski definition) is 2. The summed E-state index contributed by atoms with van der Waals surface area (Å²) in [5, 5.41) is 0. The number of benzene rings is 2. The number of fused-ring (bicyclic) bond motifs is 1. The minimum Gasteiger partial charge on any atom is -0.399 e. The Morgan fingerprint density at radius 3 is 2.52 bits per heavy atom. The second kappa shape index (κ2) is 6.00. The van der Waals surface area contributed by atoms with Crippen LogP contribution in [0, 0.1) is 0 Å². The van der Waals surface area contributed by atoms with Gasteiger partial charge in [-0.2, -0.15) is 0 Å². The maximum absolute atomic E-state index is 12.5. The molecule has 0 bridgehead atoms. The van der Waals surface area contributed by atoms with Gasteiger partial charge in [0.25, 0.3) is 0 Å². The molecule has 108 valence electrons. The Balaban J connectivity index is 1.71. The zero-order valence-corrected chi connectivity index (χ0v) is 12.1. The molecular formula is C18H20N2O. The molecule has 1 heterocycles. The summed E-state index contributed by atoms with van der Waals surface area (Å²) < 4.78 is 0. The highest BCUT2D eigenvalue weighted by Crippen LogP contribution is 2.19. The van der Waals surface area contributed by atoms with Gasteiger partial charge in [-0.3, -0.25) is 4.79 Å². The van der Waals surface area contributed by atoms with Crippen molar-refractivity contribution in [2.45, 2.75) is 25.8 Å². The zero-order chi connectivity index (χ0) is 14.7. The Hall–Kier alpha value is -2.29. The lowest BCUT2D eigenvalue weighted by Crippen LogP contribution is -2.31. The number of nitrogen functional groups attached to an aromatic ring is 1. The molecule has 0 radical (unpaired) electrons. The van der Waals surface area contributed by atoms with Gasteiger partial charge in [0.05, 0.1) is 6.42 Å². The van der Waals surface area contributed by atoms with Gasteiger partial charge in [0.1, 0.15) is 0 Å². The molecular weight excluding hydrogens is 260 g/mol. The molecule has 1 aliphatic heterocycles. The Kier molecular flexibility index (Phi) is 3.91. The highest BCUT2D eigenvalue weighted by atomic mass is 16.2. The van der Waals surface area contributed by atoms with Crippen LogP contribution in [-0.2, 0) is 24.2 Å². The van der Waals surface area contributed by atoms with Crippen LogP contribution in [0.4, 0.5) is 5.69 Å². The molecule has 2 N–H and O–H groups in total. The van der Waals surface area contributed by atoms with Crippen LogP contribution in [-0.4, -0.2) is 17.4 Å². The van der Waals surface area contributed by atoms with Crippen molar-refractivity contribution in [1.82, 2.24) is 4.90 Å². The monoisotopic (exact) mass is 280 g/mol. The molecule has 3 rings (SSSR count). The van der Waals surface area contributed by atoms with Crippen molar-refractivity contribution < 1.29 is 4.79 Å². The molecule has 0 saturated heterocycles. The van der Waals surface area contributed by atoms with Gasteiger partial charge in [0.2, 0.25) is 5.91 Å². The molecule has 0 spiro atoms. The number of aryl methyl sites for hydroxylation is 1. The Morgan fingerprint density at radius 2 is 1.76 bits per heavy atom. The smallest absolute Gasteiger partial charge is 0.227 e. The molecule has 0 aliphatic carbocycles. The van der Waals surface area contributed by atoms with Crippen LogP contribution in [0.1, 0.15) is 23.1 Å². The molecule has 1 aliphatic rings. The van der Waals surface area contributed by atoms with E-state index in [2.05, 4.69) is 18.2 Å². The lowest BCUT2D eigenvalue weighted by molar-refractivity contribution is -0.131. The normalized spacial score (nSPS) is 14.4. The lowest BCUT2D eigenvalue weighted by atomic mass is 10.0. The standard InChI is InChI=1S/C18H20N2O/c19-17-9-7-14(8-10-17)12-18(21)20-11-3-6-15-4-1-2-5-16(15)13-20/h1-2,4-5,7-10H,3,6,11-13,19H2. The SMILES string of the molecule is Nc1ccc(CC(=O)N2CCCc3ccccc3C2)cc1. The third-order valence-electron chi connectivity index (χ3n) is 4.04. The molecule has 1 amide bonds. The first-order valence-electron chi connectivity index (χ1n) is 7.41. The summed E-state index contributed by atoms with van der Waals surface area (Å²) in [5.41, 5.74) is 10.1. The predicted molar refractivity (Wildman–Crippen MR) is 84.7 cm³/mol. The van der Waals surface area contributed by atoms with Crippen molar-refractivity contribution in [2.24, 2.45) is 0 Å². The average molecular weight is 280 g/mol. The van der Waals surface area contributed by atoms with E-state index in [0.717, 1.165) is 37.2 Å². The van der Waals surface area contributed by atoms with E-state index in [0.29, 0.717) is 6.42 Å². The fourth-order valence-corrected chi connectivity index (χ4v) is 2.84. The molecule has 2 aromatic rings. The number of nitrogens with two attached hydrogens (primary N) is 1. The molecule has 0 unspecified atom stereocenters. The van der Waals surface area contributed by atoms with E-state index in [1.54, 1.807) is 0 Å². The van der Waals surface area contributed by atoms with E-state index in [9.17, 15) is 4.79 Å². The highest BCUT2D eigenvalue weighted by Gasteiger charge is 2.18. The summed E-state index contributed by atoms with van der Waals surface area (Å²) >= 11 is 0. The number of amides is 1. The van der Waals surface area contributed by atoms with E-state index >= 15 is 0 Å². The van der Waals surface area contributed by atoms with Crippen molar-refractivity contribution in [3.8, 4) is 0 Å². The van der Waals surface area contributed by atoms with Crippen molar-refractivity contribution in [2.75, 3.05) is 12.3 Å². The van der Waals surface area contributed by atoms with Crippen molar-refractivity contribution in [3.63, 3.8) is 0 Å². The summed E-state index contributed by atoms with van der Waals surface area (Å²) in [6.45, 7) is 1.56. The maximum Gasteiger partial charge on any atom is 0.227 e. The topological polar surface area (TPSA) is 46.3 Å². The summed E-state index contributed by atoms with van der Waals surface area (Å²) in [5.74, 6) is 0.191. The van der Waals surface area contributed by atoms with E-state index < -0.39 is 0 Å². The van der Waals surface area contributed by atoms with Crippen LogP contribution in [0.2, 0.25) is 0 Å². The van der Waals surface area contributed by atoms with Gasteiger partial charge in [0.15, 0.2) is 0 Å². The van der Waals surface area contributed by atoms with Gasteiger partial charge in [-0.05, 0) is 41.7 Å². The van der Waals surface area contributed by atoms with Crippen molar-refractivity contribution in [3.05, 3.63) is 65.2 Å². The van der Waals surface area contributed by atoms with Crippen LogP contribution in [0.5, 0.6) is 0 Å². The lowest BCUT2D eigenvalue weighted by Gasteiger charge is -2.21. The molecule has 0 fully saturated rings. The molecule has 3 heteroatoms. The summed E-state index contributed by atoms with van der Waals surface area (Å²) in [7, 11) is 0. The Morgan fingerprint density at radius 1 is 1.05 bits per heavy atom. The predicted octanol–water partition coefficient (Wildman–Crippen LogP) is 2.79. The van der Waals surface area contributed by atoms with Crippen molar-refractivity contribution >= 4 is 11.6 Å². The number of carbonyl (C=O) groups is 1. The second-order valence-electron chi connectivity index (χ2n) is 5.61. The van der Waals surface area contributed by atoms with E-state index in [1.807, 2.05) is 35.2 Å². The summed E-state index contributed by atoms with van der Waals surface area (Å²) in [6, 6.07) is 16.0. The van der Waals surface area contributed by atoms with Crippen LogP contribution in [0.3, 0.4) is 0 Å². The zero-order valence-electron chi connectivity index (χ0n) is 12.1. The molecule has 0 saturated carbocycles. The first-order chi connectivity index (χ1) is 10.2. The molecule has 2 aromatic carbocycles. The minimum atomic E-state index is 0.191. The van der Waals surface area contributed by atoms with Crippen LogP contribution in [0.25, 0.3) is 0 Å². The third-order valence-corrected chi connectivity index (χ3v) is 4.04. The van der Waals surface area contributed by atoms with Gasteiger partial charge in [-0.25, -0.2) is 0 Å². The van der Waals surface area contributed by atoms with Crippen LogP contribution >= 0.6 is 0 Å². The molecule has 3 nitrogen and oxygen atoms in total. The van der Waals surface area contributed by atoms with Gasteiger partial charge in [0, 0.05) is 18.8 Å². The maximum atomic E-state index is 12.5. The van der Waals surface area contributed by atoms with E-state index in [4.69, 9.17) is 5.73 Å². The first kappa shape index (κ1) is 13.7. The number of anilines is 1. The number of nitrogens with zero attached hydrogens (tertiary/aromatic N) is 1. The van der Waals surface area contributed by atoms with Gasteiger partial charge >= 0.3 is 0 Å². The van der Waals surface area contributed by atoms with Crippen molar-refractivity contribution in [1.29, 1.82) is 0 Å². The average Bonchev–Trinajstić information content (AvgIpc) is 2.72. The van der Waals surface area contributed by atoms with Gasteiger partial charge in [-0.15, -0.1) is 0 Å². The third kappa shape index (κ3) is 3.24. The minimum absolute atomic E-state index is 0.191. The van der Waals surface area contributed by atoms with E-state index in [1.165, 1.54) is 11.1 Å². The van der Waals surface area contributed by atoms with Crippen LogP contribution < -0.4 is 5.73 Å². The highest BCUT2D eigenvalue weighted by molar-refractivity contribution is 5.79. The number of carbonyl (C=O) groups excluding carboxylic acids is 1. The quantitative estimate of drug-likeness (QED) is 0.860. The number of rotatable bonds is 2. The first-order valence-corrected chi connectivity index (χ1v) is 7.41. The van der Waals surface area contributed by atoms with Crippen LogP contribution in [0.15, 0.2) is 48.5 Å². The summed E-state index contributed by atoms with van der Waals surface area (Å²) in [4.78, 5) is 14.5. The fraction of sp³-hybridized carbons (Fsp3) is 0.278. The molecule has 21 heavy (non-hydrogen) atoms. The molecule has 0 aromatic heterocycles. The second-order valence-corrected chi connectivity index (χ2v) is 5.61. The Labute approximate surface area is 125 Å². The fourth-order valence-electron chi connectivity index (χ4n) is 2.84. The number of hydrogen-bond donors (Lipinski definition) is 1. The molecule has 0 atom stereocenters. The van der Waals surface area contributed by atoms with E-state index in [-0.39, 0.29) is 5.91 Å². The Bertz CT molecular complexity index is 634.